The van der Waals surface area contributed by atoms with Gasteiger partial charge < -0.3 is 30.5 Å². The highest BCUT2D eigenvalue weighted by atomic mass is 16.5. The zero-order valence-corrected chi connectivity index (χ0v) is 16.1. The van der Waals surface area contributed by atoms with Gasteiger partial charge in [0, 0.05) is 11.7 Å². The maximum atomic E-state index is 12.3. The molecule has 0 bridgehead atoms. The SMILES string of the molecule is COc1ccc(NC(=O)N[C@H]2CC[C@@H](CC(=O)NC3CCC3)O[C@H]2CO)cc1. The van der Waals surface area contributed by atoms with Crippen molar-refractivity contribution in [2.24, 2.45) is 0 Å². The average molecular weight is 391 g/mol. The molecule has 8 heteroatoms. The van der Waals surface area contributed by atoms with Gasteiger partial charge in [-0.1, -0.05) is 0 Å². The van der Waals surface area contributed by atoms with Crippen LogP contribution in [-0.4, -0.2) is 55.1 Å². The summed E-state index contributed by atoms with van der Waals surface area (Å²) in [6.45, 7) is -0.214. The van der Waals surface area contributed by atoms with Gasteiger partial charge in [0.2, 0.25) is 5.91 Å². The van der Waals surface area contributed by atoms with Gasteiger partial charge in [0.25, 0.3) is 0 Å². The van der Waals surface area contributed by atoms with Crippen molar-refractivity contribution in [1.82, 2.24) is 10.6 Å². The predicted molar refractivity (Wildman–Crippen MR) is 104 cm³/mol. The number of anilines is 1. The largest absolute Gasteiger partial charge is 0.497 e. The van der Waals surface area contributed by atoms with Gasteiger partial charge in [-0.3, -0.25) is 4.79 Å². The molecule has 3 amide bonds. The van der Waals surface area contributed by atoms with Gasteiger partial charge in [-0.15, -0.1) is 0 Å². The van der Waals surface area contributed by atoms with Gasteiger partial charge in [-0.25, -0.2) is 4.79 Å². The fourth-order valence-electron chi connectivity index (χ4n) is 3.50. The number of methoxy groups -OCH3 is 1. The fraction of sp³-hybridized carbons (Fsp3) is 0.600. The summed E-state index contributed by atoms with van der Waals surface area (Å²) in [5.74, 6) is 0.703. The number of aliphatic hydroxyl groups excluding tert-OH is 1. The number of nitrogens with one attached hydrogen (secondary N) is 3. The second-order valence-electron chi connectivity index (χ2n) is 7.39. The molecule has 8 nitrogen and oxygen atoms in total. The Kier molecular flexibility index (Phi) is 7.11. The minimum atomic E-state index is -0.531. The fourth-order valence-corrected chi connectivity index (χ4v) is 3.50. The highest BCUT2D eigenvalue weighted by molar-refractivity contribution is 5.89. The lowest BCUT2D eigenvalue weighted by Crippen LogP contribution is -2.52. The monoisotopic (exact) mass is 391 g/mol. The number of hydrogen-bond donors (Lipinski definition) is 4. The van der Waals surface area contributed by atoms with Crippen LogP contribution >= 0.6 is 0 Å². The number of amides is 3. The summed E-state index contributed by atoms with van der Waals surface area (Å²) in [4.78, 5) is 24.3. The molecule has 3 rings (SSSR count). The third kappa shape index (κ3) is 5.59. The second-order valence-corrected chi connectivity index (χ2v) is 7.39. The summed E-state index contributed by atoms with van der Waals surface area (Å²) in [5, 5.41) is 18.3. The zero-order chi connectivity index (χ0) is 19.9. The molecule has 1 aliphatic heterocycles. The second kappa shape index (κ2) is 9.75. The van der Waals surface area contributed by atoms with E-state index in [0.717, 1.165) is 12.8 Å². The molecular weight excluding hydrogens is 362 g/mol. The maximum absolute atomic E-state index is 12.3. The quantitative estimate of drug-likeness (QED) is 0.567. The number of aliphatic hydroxyl groups is 1. The van der Waals surface area contributed by atoms with Crippen LogP contribution in [0.15, 0.2) is 24.3 Å². The Morgan fingerprint density at radius 1 is 1.14 bits per heavy atom. The molecule has 1 aromatic rings. The van der Waals surface area contributed by atoms with Crippen LogP contribution in [0.5, 0.6) is 5.75 Å². The third-order valence-electron chi connectivity index (χ3n) is 5.34. The lowest BCUT2D eigenvalue weighted by atomic mass is 9.92. The molecule has 0 aromatic heterocycles. The van der Waals surface area contributed by atoms with Crippen LogP contribution in [-0.2, 0) is 9.53 Å². The normalized spacial score (nSPS) is 24.7. The van der Waals surface area contributed by atoms with Gasteiger partial charge in [0.15, 0.2) is 0 Å². The standard InChI is InChI=1S/C20H29N3O5/c1-27-15-7-5-14(6-8-15)22-20(26)23-17-10-9-16(28-18(17)12-24)11-19(25)21-13-3-2-4-13/h5-8,13,16-18,24H,2-4,9-12H2,1H3,(H,21,25)(H2,22,23,26)/t16-,17-,18-/m0/s1. The smallest absolute Gasteiger partial charge is 0.319 e. The molecule has 28 heavy (non-hydrogen) atoms. The minimum absolute atomic E-state index is 0.00459. The van der Waals surface area contributed by atoms with Crippen molar-refractivity contribution in [3.8, 4) is 5.75 Å². The number of ether oxygens (including phenoxy) is 2. The molecule has 3 atom stereocenters. The summed E-state index contributed by atoms with van der Waals surface area (Å²) >= 11 is 0. The lowest BCUT2D eigenvalue weighted by Gasteiger charge is -2.36. The van der Waals surface area contributed by atoms with E-state index < -0.39 is 6.10 Å². The molecule has 1 saturated heterocycles. The first-order valence-corrected chi connectivity index (χ1v) is 9.84. The molecule has 0 spiro atoms. The molecule has 154 valence electrons. The van der Waals surface area contributed by atoms with Crippen molar-refractivity contribution in [3.05, 3.63) is 24.3 Å². The Morgan fingerprint density at radius 2 is 1.89 bits per heavy atom. The molecule has 0 unspecified atom stereocenters. The summed E-state index contributed by atoms with van der Waals surface area (Å²) in [5.41, 5.74) is 0.640. The van der Waals surface area contributed by atoms with Gasteiger partial charge in [0.1, 0.15) is 11.9 Å². The van der Waals surface area contributed by atoms with Gasteiger partial charge in [0.05, 0.1) is 32.3 Å². The highest BCUT2D eigenvalue weighted by Gasteiger charge is 2.33. The van der Waals surface area contributed by atoms with Crippen LogP contribution in [0.1, 0.15) is 38.5 Å². The number of carbonyl (C=O) groups is 2. The molecular formula is C20H29N3O5. The van der Waals surface area contributed by atoms with Crippen LogP contribution < -0.4 is 20.7 Å². The van der Waals surface area contributed by atoms with Gasteiger partial charge in [-0.05, 0) is 56.4 Å². The van der Waals surface area contributed by atoms with E-state index in [0.29, 0.717) is 30.3 Å². The molecule has 2 fully saturated rings. The highest BCUT2D eigenvalue weighted by Crippen LogP contribution is 2.23. The van der Waals surface area contributed by atoms with E-state index in [2.05, 4.69) is 16.0 Å². The van der Waals surface area contributed by atoms with Crippen molar-refractivity contribution in [2.45, 2.75) is 62.8 Å². The van der Waals surface area contributed by atoms with E-state index in [9.17, 15) is 14.7 Å². The summed E-state index contributed by atoms with van der Waals surface area (Å²) < 4.78 is 11.0. The van der Waals surface area contributed by atoms with Crippen LogP contribution in [0.4, 0.5) is 10.5 Å². The summed E-state index contributed by atoms with van der Waals surface area (Å²) in [7, 11) is 1.58. The number of carbonyl (C=O) groups excluding carboxylic acids is 2. The van der Waals surface area contributed by atoms with Crippen molar-refractivity contribution < 1.29 is 24.2 Å². The molecule has 1 aliphatic carbocycles. The number of benzene rings is 1. The van der Waals surface area contributed by atoms with Gasteiger partial charge >= 0.3 is 6.03 Å². The van der Waals surface area contributed by atoms with Crippen LogP contribution in [0.2, 0.25) is 0 Å². The first-order chi connectivity index (χ1) is 13.6. The summed E-state index contributed by atoms with van der Waals surface area (Å²) in [6, 6.07) is 6.64. The molecule has 1 aromatic carbocycles. The van der Waals surface area contributed by atoms with Crippen LogP contribution in [0.25, 0.3) is 0 Å². The first kappa shape index (κ1) is 20.4. The topological polar surface area (TPSA) is 109 Å². The zero-order valence-electron chi connectivity index (χ0n) is 16.1. The Bertz CT molecular complexity index is 662. The first-order valence-electron chi connectivity index (χ1n) is 9.84. The van der Waals surface area contributed by atoms with E-state index in [1.54, 1.807) is 31.4 Å². The van der Waals surface area contributed by atoms with Crippen molar-refractivity contribution in [3.63, 3.8) is 0 Å². The van der Waals surface area contributed by atoms with Crippen LogP contribution in [0, 0.1) is 0 Å². The van der Waals surface area contributed by atoms with Crippen LogP contribution in [0.3, 0.4) is 0 Å². The van der Waals surface area contributed by atoms with Crippen molar-refractivity contribution >= 4 is 17.6 Å². The molecule has 1 saturated carbocycles. The maximum Gasteiger partial charge on any atom is 0.319 e. The average Bonchev–Trinajstić information content (AvgIpc) is 2.66. The van der Waals surface area contributed by atoms with Crippen molar-refractivity contribution in [2.75, 3.05) is 19.0 Å². The molecule has 1 heterocycles. The van der Waals surface area contributed by atoms with E-state index in [-0.39, 0.29) is 37.1 Å². The number of hydrogen-bond acceptors (Lipinski definition) is 5. The van der Waals surface area contributed by atoms with Gasteiger partial charge in [-0.2, -0.15) is 0 Å². The predicted octanol–water partition coefficient (Wildman–Crippen LogP) is 1.78. The molecule has 0 radical (unpaired) electrons. The van der Waals surface area contributed by atoms with E-state index >= 15 is 0 Å². The molecule has 4 N–H and O–H groups in total. The lowest BCUT2D eigenvalue weighted by molar-refractivity contribution is -0.131. The Balaban J connectivity index is 1.45. The Hall–Kier alpha value is -2.32. The Morgan fingerprint density at radius 3 is 2.50 bits per heavy atom. The van der Waals surface area contributed by atoms with Crippen molar-refractivity contribution in [1.29, 1.82) is 0 Å². The van der Waals surface area contributed by atoms with E-state index in [4.69, 9.17) is 9.47 Å². The van der Waals surface area contributed by atoms with E-state index in [1.807, 2.05) is 0 Å². The molecule has 2 aliphatic rings. The summed E-state index contributed by atoms with van der Waals surface area (Å²) in [6.07, 6.45) is 4.08. The number of urea groups is 1. The Labute approximate surface area is 165 Å². The third-order valence-corrected chi connectivity index (χ3v) is 5.34. The van der Waals surface area contributed by atoms with E-state index in [1.165, 1.54) is 6.42 Å². The minimum Gasteiger partial charge on any atom is -0.497 e. The number of rotatable bonds is 7.